The van der Waals surface area contributed by atoms with Gasteiger partial charge in [0.05, 0.1) is 10.9 Å². The zero-order valence-corrected chi connectivity index (χ0v) is 19.7. The van der Waals surface area contributed by atoms with E-state index in [0.29, 0.717) is 17.4 Å². The molecule has 2 aromatic carbocycles. The molecule has 2 amide bonds. The molecule has 1 unspecified atom stereocenters. The Morgan fingerprint density at radius 1 is 1.00 bits per heavy atom. The van der Waals surface area contributed by atoms with Gasteiger partial charge in [0.1, 0.15) is 6.54 Å². The van der Waals surface area contributed by atoms with E-state index in [1.165, 1.54) is 8.97 Å². The minimum atomic E-state index is -0.538. The van der Waals surface area contributed by atoms with E-state index in [0.717, 1.165) is 16.7 Å². The number of benzene rings is 2. The summed E-state index contributed by atoms with van der Waals surface area (Å²) in [5.74, 6) is -0.490. The molecule has 4 rings (SSSR count). The van der Waals surface area contributed by atoms with Gasteiger partial charge in [-0.25, -0.2) is 13.9 Å². The van der Waals surface area contributed by atoms with Crippen LogP contribution in [0, 0.1) is 0 Å². The lowest BCUT2D eigenvalue weighted by Gasteiger charge is -2.12. The first-order chi connectivity index (χ1) is 16.9. The minimum absolute atomic E-state index is 0.0204. The van der Waals surface area contributed by atoms with Crippen LogP contribution in [0.15, 0.2) is 64.2 Å². The second-order valence-electron chi connectivity index (χ2n) is 8.44. The second-order valence-corrected chi connectivity index (χ2v) is 8.44. The van der Waals surface area contributed by atoms with Gasteiger partial charge < -0.3 is 10.6 Å². The molecule has 0 fully saturated rings. The Bertz CT molecular complexity index is 1490. The van der Waals surface area contributed by atoms with Crippen molar-refractivity contribution >= 4 is 28.5 Å². The highest BCUT2D eigenvalue weighted by atomic mass is 16.2. The maximum Gasteiger partial charge on any atom is 0.352 e. The Morgan fingerprint density at radius 3 is 2.46 bits per heavy atom. The Labute approximate surface area is 201 Å². The molecular weight excluding hydrogens is 448 g/mol. The molecule has 10 heteroatoms. The molecule has 1 atom stereocenters. The van der Waals surface area contributed by atoms with Gasteiger partial charge in [-0.15, -0.1) is 5.10 Å². The summed E-state index contributed by atoms with van der Waals surface area (Å²) in [6.07, 6.45) is 0.842. The molecule has 0 spiro atoms. The number of nitrogens with one attached hydrogen (secondary N) is 2. The number of fused-ring (bicyclic) bond motifs is 3. The monoisotopic (exact) mass is 476 g/mol. The third-order valence-corrected chi connectivity index (χ3v) is 5.89. The number of aryl methyl sites for hydroxylation is 1. The molecule has 0 aliphatic rings. The smallest absolute Gasteiger partial charge is 0.352 e. The van der Waals surface area contributed by atoms with E-state index in [9.17, 15) is 19.2 Å². The Kier molecular flexibility index (Phi) is 7.09. The highest BCUT2D eigenvalue weighted by molar-refractivity contribution is 5.80. The number of para-hydroxylation sites is 1. The van der Waals surface area contributed by atoms with Crippen LogP contribution in [-0.4, -0.2) is 36.6 Å². The summed E-state index contributed by atoms with van der Waals surface area (Å²) in [7, 11) is 0. The fraction of sp³-hybridized carbons (Fsp3) is 0.320. The SMILES string of the molecule is CCC(C)NC(=O)CCn1c(=O)c2ccccc2n2c(=O)n(CC(=O)NCc3ccccc3)nc12. The van der Waals surface area contributed by atoms with Crippen LogP contribution in [0.2, 0.25) is 0 Å². The van der Waals surface area contributed by atoms with Crippen molar-refractivity contribution in [2.45, 2.75) is 52.4 Å². The fourth-order valence-electron chi connectivity index (χ4n) is 3.82. The van der Waals surface area contributed by atoms with Crippen molar-refractivity contribution in [2.75, 3.05) is 0 Å². The van der Waals surface area contributed by atoms with Crippen LogP contribution in [0.5, 0.6) is 0 Å². The van der Waals surface area contributed by atoms with E-state index in [2.05, 4.69) is 15.7 Å². The quantitative estimate of drug-likeness (QED) is 0.379. The van der Waals surface area contributed by atoms with E-state index in [1.807, 2.05) is 44.2 Å². The van der Waals surface area contributed by atoms with Crippen LogP contribution in [0.4, 0.5) is 0 Å². The molecule has 0 aliphatic carbocycles. The lowest BCUT2D eigenvalue weighted by atomic mass is 10.2. The molecule has 0 aliphatic heterocycles. The molecule has 2 N–H and O–H groups in total. The lowest BCUT2D eigenvalue weighted by molar-refractivity contribution is -0.122. The van der Waals surface area contributed by atoms with Crippen molar-refractivity contribution in [1.82, 2.24) is 29.4 Å². The van der Waals surface area contributed by atoms with E-state index < -0.39 is 5.69 Å². The van der Waals surface area contributed by atoms with Gasteiger partial charge in [0.15, 0.2) is 0 Å². The summed E-state index contributed by atoms with van der Waals surface area (Å²) >= 11 is 0. The van der Waals surface area contributed by atoms with Crippen molar-refractivity contribution in [2.24, 2.45) is 0 Å². The number of nitrogens with zero attached hydrogens (tertiary/aromatic N) is 4. The van der Waals surface area contributed by atoms with Crippen molar-refractivity contribution in [3.8, 4) is 0 Å². The predicted octanol–water partition coefficient (Wildman–Crippen LogP) is 1.43. The minimum Gasteiger partial charge on any atom is -0.354 e. The number of carbonyl (C=O) groups excluding carboxylic acids is 2. The zero-order chi connectivity index (χ0) is 24.9. The van der Waals surface area contributed by atoms with Crippen LogP contribution in [0.3, 0.4) is 0 Å². The predicted molar refractivity (Wildman–Crippen MR) is 132 cm³/mol. The van der Waals surface area contributed by atoms with E-state index in [-0.39, 0.29) is 48.7 Å². The molecule has 0 bridgehead atoms. The Balaban J connectivity index is 1.66. The van der Waals surface area contributed by atoms with Gasteiger partial charge in [-0.1, -0.05) is 49.4 Å². The first kappa shape index (κ1) is 23.9. The Hall–Kier alpha value is -4.21. The summed E-state index contributed by atoms with van der Waals surface area (Å²) in [6, 6.07) is 16.2. The van der Waals surface area contributed by atoms with Crippen LogP contribution < -0.4 is 21.9 Å². The molecule has 35 heavy (non-hydrogen) atoms. The summed E-state index contributed by atoms with van der Waals surface area (Å²) in [5.41, 5.74) is 0.437. The van der Waals surface area contributed by atoms with Crippen molar-refractivity contribution in [1.29, 1.82) is 0 Å². The van der Waals surface area contributed by atoms with Gasteiger partial charge in [-0.3, -0.25) is 19.0 Å². The molecule has 4 aromatic rings. The first-order valence-corrected chi connectivity index (χ1v) is 11.6. The standard InChI is InChI=1S/C25H28N6O4/c1-3-17(2)27-21(32)13-14-29-23(34)19-11-7-8-12-20(19)31-24(29)28-30(25(31)35)16-22(33)26-15-18-9-5-4-6-10-18/h4-12,17H,3,13-16H2,1-2H3,(H,26,33)(H,27,32). The summed E-state index contributed by atoms with van der Waals surface area (Å²) in [4.78, 5) is 51.3. The Morgan fingerprint density at radius 2 is 1.71 bits per heavy atom. The third-order valence-electron chi connectivity index (χ3n) is 5.89. The molecule has 0 saturated heterocycles. The van der Waals surface area contributed by atoms with Gasteiger partial charge >= 0.3 is 5.69 Å². The normalized spacial score (nSPS) is 12.1. The van der Waals surface area contributed by atoms with Crippen LogP contribution in [0.25, 0.3) is 16.7 Å². The molecule has 10 nitrogen and oxygen atoms in total. The topological polar surface area (TPSA) is 120 Å². The van der Waals surface area contributed by atoms with Gasteiger partial charge in [0.2, 0.25) is 17.6 Å². The van der Waals surface area contributed by atoms with Gasteiger partial charge in [-0.2, -0.15) is 0 Å². The van der Waals surface area contributed by atoms with E-state index >= 15 is 0 Å². The number of rotatable bonds is 9. The number of amides is 2. The molecule has 182 valence electrons. The number of hydrogen-bond donors (Lipinski definition) is 2. The van der Waals surface area contributed by atoms with E-state index in [4.69, 9.17) is 0 Å². The van der Waals surface area contributed by atoms with Crippen molar-refractivity contribution < 1.29 is 9.59 Å². The van der Waals surface area contributed by atoms with Crippen LogP contribution in [0.1, 0.15) is 32.3 Å². The maximum atomic E-state index is 13.2. The summed E-state index contributed by atoms with van der Waals surface area (Å²) in [5, 5.41) is 10.3. The van der Waals surface area contributed by atoms with Crippen molar-refractivity contribution in [3.63, 3.8) is 0 Å². The average Bonchev–Trinajstić information content (AvgIpc) is 3.18. The number of carbonyl (C=O) groups is 2. The lowest BCUT2D eigenvalue weighted by Crippen LogP contribution is -2.34. The van der Waals surface area contributed by atoms with Crippen LogP contribution in [-0.2, 0) is 29.2 Å². The largest absolute Gasteiger partial charge is 0.354 e. The molecule has 0 saturated carbocycles. The second kappa shape index (κ2) is 10.4. The maximum absolute atomic E-state index is 13.2. The highest BCUT2D eigenvalue weighted by Gasteiger charge is 2.19. The summed E-state index contributed by atoms with van der Waals surface area (Å²) < 4.78 is 3.67. The molecule has 0 radical (unpaired) electrons. The molecule has 2 heterocycles. The number of aromatic nitrogens is 4. The van der Waals surface area contributed by atoms with Gasteiger partial charge in [0.25, 0.3) is 5.56 Å². The average molecular weight is 477 g/mol. The molecule has 2 aromatic heterocycles. The number of hydrogen-bond acceptors (Lipinski definition) is 5. The van der Waals surface area contributed by atoms with Crippen LogP contribution >= 0.6 is 0 Å². The van der Waals surface area contributed by atoms with Gasteiger partial charge in [0, 0.05) is 25.6 Å². The highest BCUT2D eigenvalue weighted by Crippen LogP contribution is 2.11. The van der Waals surface area contributed by atoms with E-state index in [1.54, 1.807) is 24.3 Å². The van der Waals surface area contributed by atoms with Gasteiger partial charge in [-0.05, 0) is 31.0 Å². The van der Waals surface area contributed by atoms with Crippen molar-refractivity contribution in [3.05, 3.63) is 81.0 Å². The third kappa shape index (κ3) is 5.16. The summed E-state index contributed by atoms with van der Waals surface area (Å²) in [6.45, 7) is 3.94. The molecular formula is C25H28N6O4. The zero-order valence-electron chi connectivity index (χ0n) is 19.7. The fourth-order valence-corrected chi connectivity index (χ4v) is 3.82. The first-order valence-electron chi connectivity index (χ1n) is 11.6.